The molecule has 3 nitrogen and oxygen atoms in total. The lowest BCUT2D eigenvalue weighted by Crippen LogP contribution is -2.05. The van der Waals surface area contributed by atoms with Crippen molar-refractivity contribution in [2.45, 2.75) is 19.8 Å². The SMILES string of the molecule is CCNc1cc(C(=O)CCc2ccccc2)ccc1OC. The van der Waals surface area contributed by atoms with Crippen LogP contribution < -0.4 is 10.1 Å². The van der Waals surface area contributed by atoms with Crippen molar-refractivity contribution in [1.82, 2.24) is 0 Å². The fourth-order valence-corrected chi connectivity index (χ4v) is 2.26. The number of anilines is 1. The Hall–Kier alpha value is -2.29. The zero-order valence-electron chi connectivity index (χ0n) is 12.6. The molecule has 0 unspecified atom stereocenters. The second-order valence-electron chi connectivity index (χ2n) is 4.85. The molecule has 0 saturated carbocycles. The molecule has 0 aliphatic rings. The largest absolute Gasteiger partial charge is 0.495 e. The predicted molar refractivity (Wildman–Crippen MR) is 86.3 cm³/mol. The highest BCUT2D eigenvalue weighted by Gasteiger charge is 2.10. The van der Waals surface area contributed by atoms with E-state index in [1.165, 1.54) is 5.56 Å². The fraction of sp³-hybridized carbons (Fsp3) is 0.278. The van der Waals surface area contributed by atoms with Crippen molar-refractivity contribution in [1.29, 1.82) is 0 Å². The molecule has 2 rings (SSSR count). The Balaban J connectivity index is 2.06. The zero-order chi connectivity index (χ0) is 15.1. The molecule has 0 saturated heterocycles. The third-order valence-electron chi connectivity index (χ3n) is 3.37. The maximum absolute atomic E-state index is 12.3. The molecule has 3 heteroatoms. The summed E-state index contributed by atoms with van der Waals surface area (Å²) in [5, 5.41) is 3.22. The van der Waals surface area contributed by atoms with Gasteiger partial charge in [-0.05, 0) is 37.1 Å². The number of Topliss-reactive ketones (excluding diaryl/α,β-unsaturated/α-hetero) is 1. The van der Waals surface area contributed by atoms with E-state index in [1.807, 2.05) is 55.5 Å². The maximum Gasteiger partial charge on any atom is 0.163 e. The van der Waals surface area contributed by atoms with Gasteiger partial charge in [0.15, 0.2) is 5.78 Å². The second kappa shape index (κ2) is 7.48. The lowest BCUT2D eigenvalue weighted by atomic mass is 10.0. The van der Waals surface area contributed by atoms with Crippen LogP contribution in [-0.4, -0.2) is 19.4 Å². The van der Waals surface area contributed by atoms with Gasteiger partial charge in [-0.3, -0.25) is 4.79 Å². The van der Waals surface area contributed by atoms with Gasteiger partial charge >= 0.3 is 0 Å². The minimum absolute atomic E-state index is 0.153. The first-order chi connectivity index (χ1) is 10.2. The molecule has 0 amide bonds. The Labute approximate surface area is 126 Å². The van der Waals surface area contributed by atoms with Crippen LogP contribution in [0.3, 0.4) is 0 Å². The lowest BCUT2D eigenvalue weighted by molar-refractivity contribution is 0.0983. The first kappa shape index (κ1) is 15.1. The summed E-state index contributed by atoms with van der Waals surface area (Å²) < 4.78 is 5.29. The fourth-order valence-electron chi connectivity index (χ4n) is 2.26. The molecule has 0 atom stereocenters. The monoisotopic (exact) mass is 283 g/mol. The Morgan fingerprint density at radius 3 is 2.57 bits per heavy atom. The van der Waals surface area contributed by atoms with E-state index in [1.54, 1.807) is 7.11 Å². The summed E-state index contributed by atoms with van der Waals surface area (Å²) >= 11 is 0. The van der Waals surface area contributed by atoms with Gasteiger partial charge in [0, 0.05) is 18.5 Å². The van der Waals surface area contributed by atoms with E-state index in [0.29, 0.717) is 6.42 Å². The van der Waals surface area contributed by atoms with Crippen molar-refractivity contribution < 1.29 is 9.53 Å². The van der Waals surface area contributed by atoms with Crippen LogP contribution in [0, 0.1) is 0 Å². The molecule has 0 spiro atoms. The van der Waals surface area contributed by atoms with Crippen LogP contribution in [0.4, 0.5) is 5.69 Å². The molecule has 0 fully saturated rings. The highest BCUT2D eigenvalue weighted by molar-refractivity contribution is 5.97. The average Bonchev–Trinajstić information content (AvgIpc) is 2.54. The third kappa shape index (κ3) is 4.09. The number of nitrogens with one attached hydrogen (secondary N) is 1. The van der Waals surface area contributed by atoms with Gasteiger partial charge in [-0.1, -0.05) is 30.3 Å². The number of carbonyl (C=O) groups excluding carboxylic acids is 1. The molecule has 110 valence electrons. The van der Waals surface area contributed by atoms with Crippen LogP contribution in [0.25, 0.3) is 0 Å². The molecule has 2 aromatic carbocycles. The van der Waals surface area contributed by atoms with E-state index in [-0.39, 0.29) is 5.78 Å². The van der Waals surface area contributed by atoms with Crippen LogP contribution in [0.1, 0.15) is 29.3 Å². The van der Waals surface area contributed by atoms with Crippen molar-refractivity contribution in [2.75, 3.05) is 19.0 Å². The molecule has 1 N–H and O–H groups in total. The van der Waals surface area contributed by atoms with E-state index in [0.717, 1.165) is 30.0 Å². The number of hydrogen-bond acceptors (Lipinski definition) is 3. The molecule has 0 aliphatic carbocycles. The number of benzene rings is 2. The molecule has 0 aromatic heterocycles. The first-order valence-electron chi connectivity index (χ1n) is 7.23. The summed E-state index contributed by atoms with van der Waals surface area (Å²) in [4.78, 5) is 12.3. The summed E-state index contributed by atoms with van der Waals surface area (Å²) in [6.45, 7) is 2.81. The summed E-state index contributed by atoms with van der Waals surface area (Å²) in [5.74, 6) is 0.914. The van der Waals surface area contributed by atoms with Gasteiger partial charge in [-0.25, -0.2) is 0 Å². The molecule has 2 aromatic rings. The van der Waals surface area contributed by atoms with Gasteiger partial charge in [0.25, 0.3) is 0 Å². The van der Waals surface area contributed by atoms with Crippen LogP contribution in [-0.2, 0) is 6.42 Å². The van der Waals surface area contributed by atoms with Crippen LogP contribution in [0.15, 0.2) is 48.5 Å². The second-order valence-corrected chi connectivity index (χ2v) is 4.85. The number of rotatable bonds is 7. The van der Waals surface area contributed by atoms with Crippen LogP contribution in [0.2, 0.25) is 0 Å². The summed E-state index contributed by atoms with van der Waals surface area (Å²) in [7, 11) is 1.63. The zero-order valence-corrected chi connectivity index (χ0v) is 12.6. The molecule has 0 aliphatic heterocycles. The number of carbonyl (C=O) groups is 1. The Kier molecular flexibility index (Phi) is 5.38. The molecule has 21 heavy (non-hydrogen) atoms. The lowest BCUT2D eigenvalue weighted by Gasteiger charge is -2.11. The van der Waals surface area contributed by atoms with Crippen molar-refractivity contribution in [2.24, 2.45) is 0 Å². The van der Waals surface area contributed by atoms with E-state index < -0.39 is 0 Å². The molecule has 0 bridgehead atoms. The minimum Gasteiger partial charge on any atom is -0.495 e. The molecular formula is C18H21NO2. The van der Waals surface area contributed by atoms with Gasteiger partial charge in [0.2, 0.25) is 0 Å². The predicted octanol–water partition coefficient (Wildman–Crippen LogP) is 3.94. The number of methoxy groups -OCH3 is 1. The van der Waals surface area contributed by atoms with Gasteiger partial charge < -0.3 is 10.1 Å². The summed E-state index contributed by atoms with van der Waals surface area (Å²) in [6.07, 6.45) is 1.28. The average molecular weight is 283 g/mol. The van der Waals surface area contributed by atoms with Gasteiger partial charge in [0.05, 0.1) is 12.8 Å². The Morgan fingerprint density at radius 1 is 1.14 bits per heavy atom. The smallest absolute Gasteiger partial charge is 0.163 e. The highest BCUT2D eigenvalue weighted by atomic mass is 16.5. The molecule has 0 heterocycles. The quantitative estimate of drug-likeness (QED) is 0.782. The minimum atomic E-state index is 0.153. The topological polar surface area (TPSA) is 38.3 Å². The highest BCUT2D eigenvalue weighted by Crippen LogP contribution is 2.26. The summed E-state index contributed by atoms with van der Waals surface area (Å²) in [6, 6.07) is 15.6. The van der Waals surface area contributed by atoms with Gasteiger partial charge in [0.1, 0.15) is 5.75 Å². The van der Waals surface area contributed by atoms with E-state index >= 15 is 0 Å². The van der Waals surface area contributed by atoms with Crippen LogP contribution >= 0.6 is 0 Å². The Bertz CT molecular complexity index is 593. The van der Waals surface area contributed by atoms with E-state index in [9.17, 15) is 4.79 Å². The van der Waals surface area contributed by atoms with Gasteiger partial charge in [-0.15, -0.1) is 0 Å². The van der Waals surface area contributed by atoms with Crippen molar-refractivity contribution in [3.8, 4) is 5.75 Å². The van der Waals surface area contributed by atoms with E-state index in [2.05, 4.69) is 5.32 Å². The molecule has 0 radical (unpaired) electrons. The van der Waals surface area contributed by atoms with E-state index in [4.69, 9.17) is 4.74 Å². The number of hydrogen-bond donors (Lipinski definition) is 1. The Morgan fingerprint density at radius 2 is 1.90 bits per heavy atom. The van der Waals surface area contributed by atoms with Crippen molar-refractivity contribution in [3.05, 3.63) is 59.7 Å². The standard InChI is InChI=1S/C18H21NO2/c1-3-19-16-13-15(10-12-18(16)21-2)17(20)11-9-14-7-5-4-6-8-14/h4-8,10,12-13,19H,3,9,11H2,1-2H3. The molecular weight excluding hydrogens is 262 g/mol. The number of ketones is 1. The van der Waals surface area contributed by atoms with Gasteiger partial charge in [-0.2, -0.15) is 0 Å². The number of aryl methyl sites for hydroxylation is 1. The maximum atomic E-state index is 12.3. The third-order valence-corrected chi connectivity index (χ3v) is 3.37. The normalized spacial score (nSPS) is 10.2. The van der Waals surface area contributed by atoms with Crippen LogP contribution in [0.5, 0.6) is 5.75 Å². The van der Waals surface area contributed by atoms with Crippen molar-refractivity contribution in [3.63, 3.8) is 0 Å². The first-order valence-corrected chi connectivity index (χ1v) is 7.23. The summed E-state index contributed by atoms with van der Waals surface area (Å²) in [5.41, 5.74) is 2.78. The number of ether oxygens (including phenoxy) is 1. The van der Waals surface area contributed by atoms with Crippen molar-refractivity contribution >= 4 is 11.5 Å².